The lowest BCUT2D eigenvalue weighted by Gasteiger charge is -1.99. The normalized spacial score (nSPS) is 8.43. The summed E-state index contributed by atoms with van der Waals surface area (Å²) in [7, 11) is 0. The van der Waals surface area contributed by atoms with Crippen LogP contribution in [0.25, 0.3) is 0 Å². The highest BCUT2D eigenvalue weighted by molar-refractivity contribution is 6.19. The van der Waals surface area contributed by atoms with Crippen LogP contribution in [0.4, 0.5) is 0 Å². The van der Waals surface area contributed by atoms with Crippen LogP contribution in [0, 0.1) is 24.7 Å². The smallest absolute Gasteiger partial charge is 0.236 e. The molecule has 0 amide bonds. The summed E-state index contributed by atoms with van der Waals surface area (Å²) in [5.74, 6) is 2.81. The largest absolute Gasteiger partial charge is 0.279 e. The zero-order valence-electron chi connectivity index (χ0n) is 7.28. The van der Waals surface area contributed by atoms with Gasteiger partial charge in [-0.05, 0) is 24.0 Å². The molecule has 0 fully saturated rings. The Kier molecular flexibility index (Phi) is 2.84. The van der Waals surface area contributed by atoms with Crippen LogP contribution in [0.3, 0.4) is 0 Å². The number of terminal acetylenes is 2. The zero-order chi connectivity index (χ0) is 10.6. The fourth-order valence-electron chi connectivity index (χ4n) is 1.03. The van der Waals surface area contributed by atoms with E-state index in [9.17, 15) is 9.59 Å². The zero-order valence-corrected chi connectivity index (χ0v) is 7.28. The average molecular weight is 182 g/mol. The van der Waals surface area contributed by atoms with Crippen LogP contribution in [0.2, 0.25) is 0 Å². The van der Waals surface area contributed by atoms with Crippen LogP contribution in [0.15, 0.2) is 24.3 Å². The second kappa shape index (κ2) is 4.07. The number of hydrogen-bond donors (Lipinski definition) is 0. The lowest BCUT2D eigenvalue weighted by Crippen LogP contribution is -2.05. The molecule has 66 valence electrons. The Bertz CT molecular complexity index is 425. The van der Waals surface area contributed by atoms with Gasteiger partial charge < -0.3 is 0 Å². The van der Waals surface area contributed by atoms with Crippen molar-refractivity contribution in [3.05, 3.63) is 35.4 Å². The highest BCUT2D eigenvalue weighted by atomic mass is 16.1. The van der Waals surface area contributed by atoms with Gasteiger partial charge in [0.2, 0.25) is 11.6 Å². The molecule has 2 heteroatoms. The predicted octanol–water partition coefficient (Wildman–Crippen LogP) is 1.32. The molecule has 0 aliphatic heterocycles. The van der Waals surface area contributed by atoms with Crippen molar-refractivity contribution in [1.82, 2.24) is 0 Å². The second-order valence-electron chi connectivity index (χ2n) is 2.49. The summed E-state index contributed by atoms with van der Waals surface area (Å²) in [6, 6.07) is 6.20. The molecule has 0 N–H and O–H groups in total. The van der Waals surface area contributed by atoms with E-state index >= 15 is 0 Å². The minimum absolute atomic E-state index is 0.179. The first-order valence-corrected chi connectivity index (χ1v) is 3.81. The van der Waals surface area contributed by atoms with Crippen molar-refractivity contribution in [2.24, 2.45) is 0 Å². The number of hydrogen-bond acceptors (Lipinski definition) is 2. The Balaban J connectivity index is 3.33. The summed E-state index contributed by atoms with van der Waals surface area (Å²) in [5.41, 5.74) is 0.357. The van der Waals surface area contributed by atoms with Gasteiger partial charge in [-0.15, -0.1) is 12.8 Å². The van der Waals surface area contributed by atoms with Crippen molar-refractivity contribution in [2.75, 3.05) is 0 Å². The molecule has 0 unspecified atom stereocenters. The van der Waals surface area contributed by atoms with Gasteiger partial charge >= 0.3 is 0 Å². The molecule has 14 heavy (non-hydrogen) atoms. The van der Waals surface area contributed by atoms with Crippen molar-refractivity contribution in [3.8, 4) is 24.7 Å². The third kappa shape index (κ3) is 1.71. The van der Waals surface area contributed by atoms with Crippen molar-refractivity contribution in [3.63, 3.8) is 0 Å². The summed E-state index contributed by atoms with van der Waals surface area (Å²) in [6.45, 7) is 0. The molecule has 1 rings (SSSR count). The topological polar surface area (TPSA) is 34.1 Å². The maximum atomic E-state index is 11.2. The van der Waals surface area contributed by atoms with Crippen molar-refractivity contribution in [2.45, 2.75) is 0 Å². The van der Waals surface area contributed by atoms with Gasteiger partial charge in [0, 0.05) is 11.1 Å². The Labute approximate surface area is 81.9 Å². The summed E-state index contributed by atoms with van der Waals surface area (Å²) in [5, 5.41) is 0. The first-order valence-electron chi connectivity index (χ1n) is 3.81. The van der Waals surface area contributed by atoms with E-state index in [0.717, 1.165) is 0 Å². The van der Waals surface area contributed by atoms with Crippen LogP contribution >= 0.6 is 0 Å². The molecular weight excluding hydrogens is 176 g/mol. The van der Waals surface area contributed by atoms with Gasteiger partial charge in [-0.1, -0.05) is 12.1 Å². The quantitative estimate of drug-likeness (QED) is 0.392. The summed E-state index contributed by atoms with van der Waals surface area (Å²) in [4.78, 5) is 22.4. The molecule has 0 radical (unpaired) electrons. The Morgan fingerprint density at radius 1 is 0.929 bits per heavy atom. The van der Waals surface area contributed by atoms with Gasteiger partial charge in [0.05, 0.1) is 0 Å². The van der Waals surface area contributed by atoms with Crippen molar-refractivity contribution in [1.29, 1.82) is 0 Å². The molecule has 0 aliphatic carbocycles. The summed E-state index contributed by atoms with van der Waals surface area (Å²) in [6.07, 6.45) is 9.90. The minimum atomic E-state index is -0.538. The number of ketones is 2. The summed E-state index contributed by atoms with van der Waals surface area (Å²) < 4.78 is 0. The van der Waals surface area contributed by atoms with E-state index < -0.39 is 11.6 Å². The van der Waals surface area contributed by atoms with Crippen LogP contribution in [-0.2, 0) is 0 Å². The first kappa shape index (κ1) is 9.77. The molecule has 0 aromatic heterocycles. The predicted molar refractivity (Wildman–Crippen MR) is 52.8 cm³/mol. The van der Waals surface area contributed by atoms with Crippen LogP contribution in [0.1, 0.15) is 20.7 Å². The monoisotopic (exact) mass is 182 g/mol. The second-order valence-corrected chi connectivity index (χ2v) is 2.49. The van der Waals surface area contributed by atoms with E-state index in [1.165, 1.54) is 12.1 Å². The lowest BCUT2D eigenvalue weighted by atomic mass is 10.0. The average Bonchev–Trinajstić information content (AvgIpc) is 2.27. The van der Waals surface area contributed by atoms with Gasteiger partial charge in [-0.25, -0.2) is 0 Å². The fraction of sp³-hybridized carbons (Fsp3) is 0. The van der Waals surface area contributed by atoms with Gasteiger partial charge in [-0.2, -0.15) is 0 Å². The van der Waals surface area contributed by atoms with Gasteiger partial charge in [-0.3, -0.25) is 9.59 Å². The molecular formula is C12H6O2. The number of carbonyl (C=O) groups is 2. The van der Waals surface area contributed by atoms with E-state index in [1.807, 2.05) is 11.8 Å². The molecule has 0 saturated heterocycles. The first-order chi connectivity index (χ1) is 6.70. The highest BCUT2D eigenvalue weighted by Crippen LogP contribution is 2.09. The molecule has 0 bridgehead atoms. The molecule has 1 aromatic rings. The lowest BCUT2D eigenvalue weighted by molar-refractivity contribution is 0.102. The minimum Gasteiger partial charge on any atom is -0.279 e. The number of carbonyl (C=O) groups excluding carboxylic acids is 2. The third-order valence-corrected chi connectivity index (χ3v) is 1.68. The molecule has 0 aliphatic rings. The van der Waals surface area contributed by atoms with Crippen LogP contribution in [-0.4, -0.2) is 11.6 Å². The Morgan fingerprint density at radius 2 is 1.29 bits per heavy atom. The van der Waals surface area contributed by atoms with Gasteiger partial charge in [0.1, 0.15) is 0 Å². The fourth-order valence-corrected chi connectivity index (χ4v) is 1.03. The van der Waals surface area contributed by atoms with Gasteiger partial charge in [0.25, 0.3) is 0 Å². The molecule has 2 nitrogen and oxygen atoms in total. The number of Topliss-reactive ketones (excluding diaryl/α,β-unsaturated/α-hetero) is 2. The standard InChI is InChI=1S/C12H6O2/c1-3-11(13)9-7-5-6-8-10(9)12(14)4-2/h1-2,5-8H. The molecule has 0 saturated carbocycles. The van der Waals surface area contributed by atoms with E-state index in [4.69, 9.17) is 12.8 Å². The molecule has 0 spiro atoms. The highest BCUT2D eigenvalue weighted by Gasteiger charge is 2.12. The SMILES string of the molecule is C#CC(=O)c1ccccc1C(=O)C#C. The van der Waals surface area contributed by atoms with E-state index in [0.29, 0.717) is 0 Å². The van der Waals surface area contributed by atoms with E-state index in [1.54, 1.807) is 12.1 Å². The molecule has 1 aromatic carbocycles. The number of benzene rings is 1. The molecule has 0 heterocycles. The third-order valence-electron chi connectivity index (χ3n) is 1.68. The maximum Gasteiger partial charge on any atom is 0.236 e. The van der Waals surface area contributed by atoms with Gasteiger partial charge in [0.15, 0.2) is 0 Å². The van der Waals surface area contributed by atoms with Crippen LogP contribution in [0.5, 0.6) is 0 Å². The van der Waals surface area contributed by atoms with E-state index in [2.05, 4.69) is 0 Å². The van der Waals surface area contributed by atoms with Crippen molar-refractivity contribution < 1.29 is 9.59 Å². The summed E-state index contributed by atoms with van der Waals surface area (Å²) >= 11 is 0. The Hall–Kier alpha value is -2.32. The molecule has 0 atom stereocenters. The van der Waals surface area contributed by atoms with Crippen molar-refractivity contribution >= 4 is 11.6 Å². The Morgan fingerprint density at radius 3 is 1.57 bits per heavy atom. The van der Waals surface area contributed by atoms with E-state index in [-0.39, 0.29) is 11.1 Å². The maximum absolute atomic E-state index is 11.2. The number of rotatable bonds is 2. The van der Waals surface area contributed by atoms with Crippen LogP contribution < -0.4 is 0 Å².